The van der Waals surface area contributed by atoms with Crippen LogP contribution >= 0.6 is 11.8 Å². The fourth-order valence-electron chi connectivity index (χ4n) is 2.91. The molecule has 0 spiro atoms. The van der Waals surface area contributed by atoms with Crippen LogP contribution in [0.2, 0.25) is 0 Å². The molecule has 0 radical (unpaired) electrons. The third kappa shape index (κ3) is 5.79. The van der Waals surface area contributed by atoms with Crippen molar-refractivity contribution >= 4 is 17.5 Å². The van der Waals surface area contributed by atoms with Crippen LogP contribution in [-0.4, -0.2) is 22.0 Å². The third-order valence-corrected chi connectivity index (χ3v) is 5.13. The number of aromatic nitrogens is 2. The first-order chi connectivity index (χ1) is 13.3. The van der Waals surface area contributed by atoms with E-state index in [0.717, 1.165) is 54.1 Å². The van der Waals surface area contributed by atoms with E-state index in [0.29, 0.717) is 12.2 Å². The first-order valence-corrected chi connectivity index (χ1v) is 10.5. The van der Waals surface area contributed by atoms with Crippen LogP contribution in [0.3, 0.4) is 0 Å². The number of nitrogens with zero attached hydrogens (tertiary/aromatic N) is 2. The van der Waals surface area contributed by atoms with Gasteiger partial charge in [-0.25, -0.2) is 4.98 Å². The zero-order valence-electron chi connectivity index (χ0n) is 15.6. The van der Waals surface area contributed by atoms with Gasteiger partial charge in [0.05, 0.1) is 6.20 Å². The quantitative estimate of drug-likeness (QED) is 0.251. The molecule has 5 heteroatoms. The molecule has 0 saturated heterocycles. The van der Waals surface area contributed by atoms with Gasteiger partial charge < -0.3 is 4.42 Å². The van der Waals surface area contributed by atoms with Gasteiger partial charge >= 0.3 is 0 Å². The normalized spacial score (nSPS) is 10.9. The molecule has 4 nitrogen and oxygen atoms in total. The summed E-state index contributed by atoms with van der Waals surface area (Å²) >= 11 is 1.66. The zero-order chi connectivity index (χ0) is 18.9. The van der Waals surface area contributed by atoms with Crippen molar-refractivity contribution in [3.8, 4) is 11.5 Å². The summed E-state index contributed by atoms with van der Waals surface area (Å²) in [5, 5.41) is 0. The average molecular weight is 381 g/mol. The van der Waals surface area contributed by atoms with E-state index in [1.807, 2.05) is 48.7 Å². The number of pyridine rings is 1. The molecule has 27 heavy (non-hydrogen) atoms. The van der Waals surface area contributed by atoms with Gasteiger partial charge in [0.25, 0.3) is 0 Å². The number of hydrogen-bond donors (Lipinski definition) is 0. The first-order valence-electron chi connectivity index (χ1n) is 9.29. The fraction of sp³-hybridized carbons (Fsp3) is 0.318. The third-order valence-electron chi connectivity index (χ3n) is 4.41. The molecule has 140 valence electrons. The van der Waals surface area contributed by atoms with Gasteiger partial charge in [-0.1, -0.05) is 31.0 Å². The van der Waals surface area contributed by atoms with Crippen molar-refractivity contribution in [1.29, 1.82) is 0 Å². The predicted molar refractivity (Wildman–Crippen MR) is 109 cm³/mol. The molecule has 0 amide bonds. The summed E-state index contributed by atoms with van der Waals surface area (Å²) in [6.45, 7) is 0. The lowest BCUT2D eigenvalue weighted by atomic mass is 10.0. The standard InChI is InChI=1S/C22H24N2O2S/c1-27-18-10-8-9-17(15-18)20(25)12-4-2-3-5-13-22-24-16-21(26-22)19-11-6-7-14-23-19/h6-11,14-16H,2-5,12-13H2,1H3. The molecule has 3 rings (SSSR count). The lowest BCUT2D eigenvalue weighted by Crippen LogP contribution is -1.99. The van der Waals surface area contributed by atoms with E-state index in [9.17, 15) is 4.79 Å². The molecule has 0 aliphatic rings. The Morgan fingerprint density at radius 3 is 2.74 bits per heavy atom. The van der Waals surface area contributed by atoms with Crippen molar-refractivity contribution in [3.63, 3.8) is 0 Å². The van der Waals surface area contributed by atoms with Gasteiger partial charge in [-0.05, 0) is 43.4 Å². The lowest BCUT2D eigenvalue weighted by Gasteiger charge is -2.03. The molecule has 0 N–H and O–H groups in total. The van der Waals surface area contributed by atoms with Crippen LogP contribution in [0.15, 0.2) is 64.2 Å². The van der Waals surface area contributed by atoms with E-state index >= 15 is 0 Å². The Hall–Kier alpha value is -2.40. The number of hydrogen-bond acceptors (Lipinski definition) is 5. The number of Topliss-reactive ketones (excluding diaryl/α,β-unsaturated/α-hetero) is 1. The molecular formula is C22H24N2O2S. The maximum absolute atomic E-state index is 12.3. The predicted octanol–water partition coefficient (Wildman–Crippen LogP) is 5.83. The van der Waals surface area contributed by atoms with E-state index in [1.54, 1.807) is 24.2 Å². The Bertz CT molecular complexity index is 862. The first kappa shape index (κ1) is 19.4. The highest BCUT2D eigenvalue weighted by Gasteiger charge is 2.08. The molecule has 0 saturated carbocycles. The molecule has 3 aromatic rings. The second-order valence-electron chi connectivity index (χ2n) is 6.40. The number of oxazole rings is 1. The molecule has 0 unspecified atom stereocenters. The molecule has 2 heterocycles. The van der Waals surface area contributed by atoms with Gasteiger partial charge in [-0.15, -0.1) is 11.8 Å². The number of carbonyl (C=O) groups is 1. The number of unbranched alkanes of at least 4 members (excludes halogenated alkanes) is 3. The number of benzene rings is 1. The SMILES string of the molecule is CSc1cccc(C(=O)CCCCCCc2ncc(-c3ccccn3)o2)c1. The van der Waals surface area contributed by atoms with Crippen molar-refractivity contribution in [3.05, 3.63) is 66.3 Å². The van der Waals surface area contributed by atoms with Crippen LogP contribution in [-0.2, 0) is 6.42 Å². The van der Waals surface area contributed by atoms with Crippen molar-refractivity contribution in [2.45, 2.75) is 43.4 Å². The maximum atomic E-state index is 12.3. The van der Waals surface area contributed by atoms with Crippen molar-refractivity contribution in [2.75, 3.05) is 6.26 Å². The smallest absolute Gasteiger partial charge is 0.194 e. The molecule has 0 fully saturated rings. The van der Waals surface area contributed by atoms with Gasteiger partial charge in [-0.3, -0.25) is 9.78 Å². The molecule has 0 aliphatic carbocycles. The number of carbonyl (C=O) groups excluding carboxylic acids is 1. The molecule has 0 atom stereocenters. The highest BCUT2D eigenvalue weighted by Crippen LogP contribution is 2.20. The minimum absolute atomic E-state index is 0.235. The van der Waals surface area contributed by atoms with Gasteiger partial charge in [-0.2, -0.15) is 0 Å². The zero-order valence-corrected chi connectivity index (χ0v) is 16.4. The van der Waals surface area contributed by atoms with E-state index < -0.39 is 0 Å². The van der Waals surface area contributed by atoms with Crippen LogP contribution in [0.4, 0.5) is 0 Å². The van der Waals surface area contributed by atoms with E-state index in [1.165, 1.54) is 0 Å². The van der Waals surface area contributed by atoms with Crippen molar-refractivity contribution in [1.82, 2.24) is 9.97 Å². The Kier molecular flexibility index (Phi) is 7.22. The summed E-state index contributed by atoms with van der Waals surface area (Å²) in [5.74, 6) is 1.70. The Morgan fingerprint density at radius 2 is 1.93 bits per heavy atom. The number of rotatable bonds is 10. The van der Waals surface area contributed by atoms with E-state index in [4.69, 9.17) is 4.42 Å². The average Bonchev–Trinajstić information content (AvgIpc) is 3.20. The van der Waals surface area contributed by atoms with Crippen molar-refractivity contribution < 1.29 is 9.21 Å². The lowest BCUT2D eigenvalue weighted by molar-refractivity contribution is 0.0979. The monoisotopic (exact) mass is 380 g/mol. The largest absolute Gasteiger partial charge is 0.439 e. The van der Waals surface area contributed by atoms with E-state index in [-0.39, 0.29) is 5.78 Å². The molecule has 1 aromatic carbocycles. The topological polar surface area (TPSA) is 56.0 Å². The Balaban J connectivity index is 1.35. The number of thioether (sulfide) groups is 1. The van der Waals surface area contributed by atoms with Crippen LogP contribution in [0.5, 0.6) is 0 Å². The molecular weight excluding hydrogens is 356 g/mol. The second kappa shape index (κ2) is 10.1. The maximum Gasteiger partial charge on any atom is 0.194 e. The van der Waals surface area contributed by atoms with E-state index in [2.05, 4.69) is 9.97 Å². The summed E-state index contributed by atoms with van der Waals surface area (Å²) in [6, 6.07) is 13.6. The summed E-state index contributed by atoms with van der Waals surface area (Å²) in [7, 11) is 0. The van der Waals surface area contributed by atoms with Gasteiger partial charge in [0.15, 0.2) is 17.4 Å². The highest BCUT2D eigenvalue weighted by atomic mass is 32.2. The number of ketones is 1. The molecule has 2 aromatic heterocycles. The summed E-state index contributed by atoms with van der Waals surface area (Å²) < 4.78 is 5.76. The van der Waals surface area contributed by atoms with Gasteiger partial charge in [0, 0.05) is 29.5 Å². The minimum Gasteiger partial charge on any atom is -0.439 e. The van der Waals surface area contributed by atoms with Crippen LogP contribution in [0, 0.1) is 0 Å². The van der Waals surface area contributed by atoms with Crippen LogP contribution in [0.1, 0.15) is 48.4 Å². The van der Waals surface area contributed by atoms with Crippen LogP contribution in [0.25, 0.3) is 11.5 Å². The number of aryl methyl sites for hydroxylation is 1. The fourth-order valence-corrected chi connectivity index (χ4v) is 3.37. The summed E-state index contributed by atoms with van der Waals surface area (Å²) in [5.41, 5.74) is 1.63. The Labute approximate surface area is 164 Å². The minimum atomic E-state index is 0.235. The summed E-state index contributed by atoms with van der Waals surface area (Å²) in [6.07, 6.45) is 11.0. The Morgan fingerprint density at radius 1 is 1.04 bits per heavy atom. The molecule has 0 aliphatic heterocycles. The summed E-state index contributed by atoms with van der Waals surface area (Å²) in [4.78, 5) is 22.0. The van der Waals surface area contributed by atoms with Crippen molar-refractivity contribution in [2.24, 2.45) is 0 Å². The van der Waals surface area contributed by atoms with Crippen LogP contribution < -0.4 is 0 Å². The highest BCUT2D eigenvalue weighted by molar-refractivity contribution is 7.98. The second-order valence-corrected chi connectivity index (χ2v) is 7.28. The van der Waals surface area contributed by atoms with Gasteiger partial charge in [0.2, 0.25) is 0 Å². The van der Waals surface area contributed by atoms with Gasteiger partial charge in [0.1, 0.15) is 5.69 Å². The molecule has 0 bridgehead atoms.